The zero-order valence-electron chi connectivity index (χ0n) is 15.6. The van der Waals surface area contributed by atoms with Crippen molar-refractivity contribution in [3.8, 4) is 0 Å². The molecule has 2 amide bonds. The molecular formula is C22H20N4O2. The third-order valence-corrected chi connectivity index (χ3v) is 5.54. The molecule has 6 nitrogen and oxygen atoms in total. The summed E-state index contributed by atoms with van der Waals surface area (Å²) in [6.07, 6.45) is 2.16. The zero-order valence-corrected chi connectivity index (χ0v) is 15.6. The van der Waals surface area contributed by atoms with Crippen molar-refractivity contribution in [3.05, 3.63) is 70.9 Å². The smallest absolute Gasteiger partial charge is 0.266 e. The van der Waals surface area contributed by atoms with Crippen molar-refractivity contribution < 1.29 is 9.59 Å². The van der Waals surface area contributed by atoms with E-state index in [0.717, 1.165) is 33.3 Å². The molecule has 0 spiro atoms. The first-order chi connectivity index (χ1) is 13.6. The van der Waals surface area contributed by atoms with Gasteiger partial charge in [0.15, 0.2) is 0 Å². The van der Waals surface area contributed by atoms with Gasteiger partial charge in [0.05, 0.1) is 12.8 Å². The Morgan fingerprint density at radius 3 is 2.82 bits per heavy atom. The molecule has 2 aliphatic heterocycles. The Bertz CT molecular complexity index is 1130. The molecule has 1 fully saturated rings. The van der Waals surface area contributed by atoms with Gasteiger partial charge in [-0.2, -0.15) is 5.10 Å². The number of para-hydroxylation sites is 1. The number of amides is 2. The fourth-order valence-electron chi connectivity index (χ4n) is 4.14. The van der Waals surface area contributed by atoms with E-state index < -0.39 is 6.04 Å². The number of carbonyl (C=O) groups excluding carboxylic acids is 2. The number of aromatic amines is 1. The van der Waals surface area contributed by atoms with Crippen LogP contribution in [0.4, 0.5) is 0 Å². The lowest BCUT2D eigenvalue weighted by molar-refractivity contribution is -0.157. The van der Waals surface area contributed by atoms with E-state index in [1.807, 2.05) is 49.4 Å². The highest BCUT2D eigenvalue weighted by atomic mass is 16.2. The van der Waals surface area contributed by atoms with Gasteiger partial charge in [-0.05, 0) is 24.1 Å². The summed E-state index contributed by atoms with van der Waals surface area (Å²) in [5.41, 5.74) is 5.22. The van der Waals surface area contributed by atoms with Gasteiger partial charge in [0.2, 0.25) is 5.91 Å². The van der Waals surface area contributed by atoms with Crippen LogP contribution >= 0.6 is 0 Å². The molecule has 1 saturated heterocycles. The van der Waals surface area contributed by atoms with Gasteiger partial charge < -0.3 is 9.88 Å². The molecule has 2 aromatic carbocycles. The van der Waals surface area contributed by atoms with Crippen molar-refractivity contribution in [1.29, 1.82) is 0 Å². The van der Waals surface area contributed by atoms with E-state index in [9.17, 15) is 9.59 Å². The topological polar surface area (TPSA) is 68.8 Å². The van der Waals surface area contributed by atoms with E-state index in [-0.39, 0.29) is 18.4 Å². The van der Waals surface area contributed by atoms with E-state index in [1.165, 1.54) is 5.01 Å². The molecule has 0 bridgehead atoms. The van der Waals surface area contributed by atoms with Crippen molar-refractivity contribution in [2.75, 3.05) is 6.54 Å². The van der Waals surface area contributed by atoms with Crippen LogP contribution in [-0.2, 0) is 22.6 Å². The molecule has 0 unspecified atom stereocenters. The summed E-state index contributed by atoms with van der Waals surface area (Å²) in [5, 5.41) is 6.76. The average molecular weight is 372 g/mol. The molecule has 0 saturated carbocycles. The number of piperazine rings is 1. The van der Waals surface area contributed by atoms with Crippen LogP contribution in [-0.4, -0.2) is 45.5 Å². The number of nitrogens with zero attached hydrogens (tertiary/aromatic N) is 3. The summed E-state index contributed by atoms with van der Waals surface area (Å²) in [5.74, 6) is -0.199. The number of benzene rings is 2. The van der Waals surface area contributed by atoms with E-state index >= 15 is 0 Å². The Hall–Kier alpha value is -3.41. The Morgan fingerprint density at radius 2 is 1.96 bits per heavy atom. The molecule has 140 valence electrons. The summed E-state index contributed by atoms with van der Waals surface area (Å²) in [6.45, 7) is 2.42. The summed E-state index contributed by atoms with van der Waals surface area (Å²) in [7, 11) is 0. The number of carbonyl (C=O) groups is 2. The van der Waals surface area contributed by atoms with Crippen LogP contribution in [0.1, 0.15) is 22.4 Å². The number of fused-ring (bicyclic) bond motifs is 4. The number of H-pyrrole nitrogens is 1. The van der Waals surface area contributed by atoms with Crippen LogP contribution in [0.25, 0.3) is 10.9 Å². The quantitative estimate of drug-likeness (QED) is 0.703. The number of hydrazone groups is 1. The Balaban J connectivity index is 1.45. The summed E-state index contributed by atoms with van der Waals surface area (Å²) >= 11 is 0. The fraction of sp³-hybridized carbons (Fsp3) is 0.227. The van der Waals surface area contributed by atoms with E-state index in [1.54, 1.807) is 11.1 Å². The highest BCUT2D eigenvalue weighted by molar-refractivity contribution is 5.97. The first kappa shape index (κ1) is 16.7. The highest BCUT2D eigenvalue weighted by Gasteiger charge is 2.43. The summed E-state index contributed by atoms with van der Waals surface area (Å²) in [6, 6.07) is 15.4. The van der Waals surface area contributed by atoms with Gasteiger partial charge in [0.25, 0.3) is 5.91 Å². The maximum Gasteiger partial charge on any atom is 0.266 e. The molecule has 0 radical (unpaired) electrons. The van der Waals surface area contributed by atoms with E-state index in [0.29, 0.717) is 13.0 Å². The van der Waals surface area contributed by atoms with Crippen LogP contribution in [0.3, 0.4) is 0 Å². The number of rotatable bonds is 2. The van der Waals surface area contributed by atoms with Gasteiger partial charge in [-0.3, -0.25) is 9.59 Å². The predicted molar refractivity (Wildman–Crippen MR) is 107 cm³/mol. The summed E-state index contributed by atoms with van der Waals surface area (Å²) in [4.78, 5) is 30.9. The minimum atomic E-state index is -0.498. The minimum absolute atomic E-state index is 0.0206. The van der Waals surface area contributed by atoms with Gasteiger partial charge in [-0.1, -0.05) is 48.0 Å². The lowest BCUT2D eigenvalue weighted by atomic mass is 9.94. The number of hydrogen-bond donors (Lipinski definition) is 1. The highest BCUT2D eigenvalue weighted by Crippen LogP contribution is 2.32. The van der Waals surface area contributed by atoms with E-state index in [2.05, 4.69) is 16.2 Å². The van der Waals surface area contributed by atoms with Crippen molar-refractivity contribution >= 4 is 28.9 Å². The van der Waals surface area contributed by atoms with Crippen molar-refractivity contribution in [2.24, 2.45) is 5.10 Å². The molecule has 3 aromatic rings. The van der Waals surface area contributed by atoms with Crippen LogP contribution in [0.2, 0.25) is 0 Å². The fourth-order valence-corrected chi connectivity index (χ4v) is 4.14. The predicted octanol–water partition coefficient (Wildman–Crippen LogP) is 2.61. The third-order valence-electron chi connectivity index (χ3n) is 5.54. The maximum absolute atomic E-state index is 13.1. The second-order valence-corrected chi connectivity index (χ2v) is 7.42. The first-order valence-corrected chi connectivity index (χ1v) is 9.40. The molecule has 6 heteroatoms. The zero-order chi connectivity index (χ0) is 19.3. The summed E-state index contributed by atoms with van der Waals surface area (Å²) < 4.78 is 0. The van der Waals surface area contributed by atoms with Crippen LogP contribution in [0.5, 0.6) is 0 Å². The van der Waals surface area contributed by atoms with Crippen molar-refractivity contribution in [2.45, 2.75) is 25.9 Å². The molecule has 2 aliphatic rings. The number of aromatic nitrogens is 1. The average Bonchev–Trinajstić information content (AvgIpc) is 3.06. The molecule has 28 heavy (non-hydrogen) atoms. The van der Waals surface area contributed by atoms with Gasteiger partial charge in [0, 0.05) is 23.0 Å². The second-order valence-electron chi connectivity index (χ2n) is 7.42. The molecule has 1 N–H and O–H groups in total. The van der Waals surface area contributed by atoms with Crippen LogP contribution in [0.15, 0.2) is 53.6 Å². The van der Waals surface area contributed by atoms with Crippen molar-refractivity contribution in [3.63, 3.8) is 0 Å². The Kier molecular flexibility index (Phi) is 3.79. The van der Waals surface area contributed by atoms with Crippen LogP contribution in [0, 0.1) is 6.92 Å². The first-order valence-electron chi connectivity index (χ1n) is 9.40. The minimum Gasteiger partial charge on any atom is -0.357 e. The molecular weight excluding hydrogens is 352 g/mol. The van der Waals surface area contributed by atoms with Gasteiger partial charge in [-0.15, -0.1) is 0 Å². The second kappa shape index (κ2) is 6.34. The monoisotopic (exact) mass is 372 g/mol. The molecule has 3 heterocycles. The molecule has 1 atom stereocenters. The van der Waals surface area contributed by atoms with Gasteiger partial charge in [-0.25, -0.2) is 5.01 Å². The van der Waals surface area contributed by atoms with Crippen molar-refractivity contribution in [1.82, 2.24) is 14.9 Å². The van der Waals surface area contributed by atoms with Gasteiger partial charge >= 0.3 is 0 Å². The number of nitrogens with one attached hydrogen (secondary N) is 1. The Morgan fingerprint density at radius 1 is 1.11 bits per heavy atom. The Labute approximate surface area is 162 Å². The third kappa shape index (κ3) is 2.69. The van der Waals surface area contributed by atoms with Crippen LogP contribution < -0.4 is 0 Å². The standard InChI is InChI=1S/C22H20N4O2/c1-14-5-4-6-15(9-14)11-23-26-13-21(27)25-12-19-17(10-20(25)22(26)28)16-7-2-3-8-18(16)24-19/h2-9,11,20,24H,10,12-13H2,1H3/b23-11-/t20-/m0/s1. The maximum atomic E-state index is 13.1. The lowest BCUT2D eigenvalue weighted by Crippen LogP contribution is -2.60. The molecule has 5 rings (SSSR count). The molecule has 0 aliphatic carbocycles. The number of aryl methyl sites for hydroxylation is 1. The van der Waals surface area contributed by atoms with E-state index in [4.69, 9.17) is 0 Å². The van der Waals surface area contributed by atoms with Gasteiger partial charge in [0.1, 0.15) is 12.6 Å². The number of hydrogen-bond acceptors (Lipinski definition) is 3. The lowest BCUT2D eigenvalue weighted by Gasteiger charge is -2.40. The largest absolute Gasteiger partial charge is 0.357 e. The molecule has 1 aromatic heterocycles. The SMILES string of the molecule is Cc1cccc(/C=N\N2CC(=O)N3Cc4[nH]c5ccccc5c4C[C@H]3C2=O)c1. The normalized spacial score (nSPS) is 19.4.